The van der Waals surface area contributed by atoms with Gasteiger partial charge in [-0.05, 0) is 49.7 Å². The van der Waals surface area contributed by atoms with Gasteiger partial charge in [0, 0.05) is 13.1 Å². The number of carbonyl (C=O) groups excluding carboxylic acids is 1. The highest BCUT2D eigenvalue weighted by atomic mass is 16.6. The number of hydrogen-bond donors (Lipinski definition) is 1. The topological polar surface area (TPSA) is 63.7 Å². The Labute approximate surface area is 170 Å². The molecule has 1 aromatic rings. The van der Waals surface area contributed by atoms with Gasteiger partial charge in [0.2, 0.25) is 0 Å². The maximum atomic E-state index is 12.3. The first-order valence-corrected chi connectivity index (χ1v) is 10.4. The van der Waals surface area contributed by atoms with Gasteiger partial charge >= 0.3 is 6.09 Å². The molecular weight excluding hydrogens is 354 g/mol. The molecule has 1 aliphatic heterocycles. The fourth-order valence-corrected chi connectivity index (χ4v) is 3.34. The number of rotatable bonds is 6. The van der Waals surface area contributed by atoms with E-state index in [1.165, 1.54) is 0 Å². The molecule has 1 aliphatic rings. The van der Waals surface area contributed by atoms with Gasteiger partial charge in [-0.15, -0.1) is 0 Å². The number of anilines is 1. The molecule has 0 bridgehead atoms. The molecule has 1 saturated heterocycles. The van der Waals surface area contributed by atoms with Crippen molar-refractivity contribution in [3.05, 3.63) is 17.3 Å². The quantitative estimate of drug-likeness (QED) is 0.715. The Bertz CT molecular complexity index is 668. The van der Waals surface area contributed by atoms with E-state index in [1.807, 2.05) is 13.0 Å². The van der Waals surface area contributed by atoms with Gasteiger partial charge in [0.1, 0.15) is 5.82 Å². The molecule has 0 radical (unpaired) electrons. The van der Waals surface area contributed by atoms with Crippen LogP contribution in [0.2, 0.25) is 0 Å². The van der Waals surface area contributed by atoms with E-state index in [4.69, 9.17) is 14.5 Å². The third kappa shape index (κ3) is 6.36. The summed E-state index contributed by atoms with van der Waals surface area (Å²) in [5.41, 5.74) is 2.01. The molecule has 1 amide bonds. The second-order valence-electron chi connectivity index (χ2n) is 9.26. The molecule has 1 N–H and O–H groups in total. The van der Waals surface area contributed by atoms with E-state index in [0.29, 0.717) is 25.5 Å². The number of pyridine rings is 1. The van der Waals surface area contributed by atoms with Gasteiger partial charge in [0.05, 0.1) is 24.9 Å². The van der Waals surface area contributed by atoms with Crippen LogP contribution >= 0.6 is 0 Å². The lowest BCUT2D eigenvalue weighted by Crippen LogP contribution is -2.44. The first kappa shape index (κ1) is 22.5. The zero-order valence-electron chi connectivity index (χ0n) is 18.6. The maximum Gasteiger partial charge on any atom is 0.412 e. The Kier molecular flexibility index (Phi) is 7.70. The Morgan fingerprint density at radius 2 is 2.14 bits per heavy atom. The number of nitrogens with one attached hydrogen (secondary N) is 1. The summed E-state index contributed by atoms with van der Waals surface area (Å²) in [6.07, 6.45) is 1.58. The van der Waals surface area contributed by atoms with Crippen molar-refractivity contribution in [3.8, 4) is 5.75 Å². The van der Waals surface area contributed by atoms with Crippen molar-refractivity contribution in [1.29, 1.82) is 0 Å². The highest BCUT2D eigenvalue weighted by molar-refractivity contribution is 5.71. The number of hydrogen-bond acceptors (Lipinski definition) is 5. The van der Waals surface area contributed by atoms with Gasteiger partial charge in [-0.1, -0.05) is 34.6 Å². The molecule has 0 spiro atoms. The van der Waals surface area contributed by atoms with Crippen molar-refractivity contribution >= 4 is 11.9 Å². The molecule has 0 unspecified atom stereocenters. The summed E-state index contributed by atoms with van der Waals surface area (Å²) in [5.74, 6) is 1.65. The second kappa shape index (κ2) is 9.59. The van der Waals surface area contributed by atoms with E-state index in [0.717, 1.165) is 36.5 Å². The van der Waals surface area contributed by atoms with Crippen LogP contribution in [0.5, 0.6) is 5.75 Å². The van der Waals surface area contributed by atoms with Crippen LogP contribution in [-0.2, 0) is 4.74 Å². The molecular formula is C22H37N3O3. The summed E-state index contributed by atoms with van der Waals surface area (Å²) in [7, 11) is 0. The van der Waals surface area contributed by atoms with Gasteiger partial charge < -0.3 is 19.7 Å². The lowest BCUT2D eigenvalue weighted by molar-refractivity contribution is 0.0985. The molecule has 1 atom stereocenters. The van der Waals surface area contributed by atoms with Crippen LogP contribution in [0.15, 0.2) is 6.07 Å². The average Bonchev–Trinajstić information content (AvgIpc) is 2.59. The van der Waals surface area contributed by atoms with E-state index in [-0.39, 0.29) is 17.4 Å². The summed E-state index contributed by atoms with van der Waals surface area (Å²) < 4.78 is 11.2. The summed E-state index contributed by atoms with van der Waals surface area (Å²) >= 11 is 0. The number of aromatic nitrogens is 1. The first-order chi connectivity index (χ1) is 13.1. The van der Waals surface area contributed by atoms with Crippen molar-refractivity contribution in [2.45, 2.75) is 73.3 Å². The van der Waals surface area contributed by atoms with Crippen LogP contribution in [0.1, 0.15) is 71.6 Å². The lowest BCUT2D eigenvalue weighted by Gasteiger charge is -2.35. The molecule has 2 rings (SSSR count). The molecule has 6 heteroatoms. The predicted octanol–water partition coefficient (Wildman–Crippen LogP) is 4.65. The van der Waals surface area contributed by atoms with Crippen LogP contribution in [0, 0.1) is 12.3 Å². The minimum absolute atomic E-state index is 0.152. The summed E-state index contributed by atoms with van der Waals surface area (Å²) in [6, 6.07) is 2.29. The van der Waals surface area contributed by atoms with Crippen LogP contribution in [0.4, 0.5) is 10.6 Å². The zero-order valence-corrected chi connectivity index (χ0v) is 18.6. The Hall–Kier alpha value is -1.82. The van der Waals surface area contributed by atoms with Crippen molar-refractivity contribution in [2.75, 3.05) is 31.2 Å². The van der Waals surface area contributed by atoms with Crippen LogP contribution in [-0.4, -0.2) is 43.4 Å². The number of ether oxygens (including phenoxy) is 2. The fraction of sp³-hybridized carbons (Fsp3) is 0.727. The lowest BCUT2D eigenvalue weighted by atomic mass is 9.91. The minimum atomic E-state index is -0.409. The highest BCUT2D eigenvalue weighted by Gasteiger charge is 2.24. The Morgan fingerprint density at radius 1 is 1.43 bits per heavy atom. The largest absolute Gasteiger partial charge is 0.412 e. The van der Waals surface area contributed by atoms with E-state index < -0.39 is 6.09 Å². The summed E-state index contributed by atoms with van der Waals surface area (Å²) in [6.45, 7) is 17.7. The van der Waals surface area contributed by atoms with Crippen molar-refractivity contribution in [1.82, 2.24) is 10.3 Å². The van der Waals surface area contributed by atoms with Crippen molar-refractivity contribution in [3.63, 3.8) is 0 Å². The normalized spacial score (nSPS) is 17.7. The maximum absolute atomic E-state index is 12.3. The number of nitrogens with zero attached hydrogens (tertiary/aromatic N) is 2. The number of morpholine rings is 1. The Morgan fingerprint density at radius 3 is 2.75 bits per heavy atom. The van der Waals surface area contributed by atoms with Gasteiger partial charge in [-0.3, -0.25) is 0 Å². The van der Waals surface area contributed by atoms with Crippen molar-refractivity contribution in [2.24, 2.45) is 5.41 Å². The summed E-state index contributed by atoms with van der Waals surface area (Å²) in [4.78, 5) is 19.4. The second-order valence-corrected chi connectivity index (χ2v) is 9.26. The van der Waals surface area contributed by atoms with Gasteiger partial charge in [0.15, 0.2) is 5.75 Å². The number of amides is 1. The third-order valence-electron chi connectivity index (χ3n) is 4.95. The van der Waals surface area contributed by atoms with Gasteiger partial charge in [-0.25, -0.2) is 9.78 Å². The summed E-state index contributed by atoms with van der Waals surface area (Å²) in [5, 5.41) is 2.87. The van der Waals surface area contributed by atoms with Crippen LogP contribution in [0.25, 0.3) is 0 Å². The molecule has 1 aromatic heterocycles. The van der Waals surface area contributed by atoms with Crippen LogP contribution in [0.3, 0.4) is 0 Å². The highest BCUT2D eigenvalue weighted by Crippen LogP contribution is 2.32. The van der Waals surface area contributed by atoms with E-state index in [9.17, 15) is 4.79 Å². The number of aryl methyl sites for hydroxylation is 1. The van der Waals surface area contributed by atoms with Crippen LogP contribution < -0.4 is 15.0 Å². The zero-order chi connectivity index (χ0) is 20.9. The number of carbonyl (C=O) groups is 1. The molecule has 6 nitrogen and oxygen atoms in total. The van der Waals surface area contributed by atoms with Crippen molar-refractivity contribution < 1.29 is 14.3 Å². The van der Waals surface area contributed by atoms with Gasteiger partial charge in [-0.2, -0.15) is 0 Å². The average molecular weight is 392 g/mol. The predicted molar refractivity (Wildman–Crippen MR) is 113 cm³/mol. The fourth-order valence-electron chi connectivity index (χ4n) is 3.34. The standard InChI is InChI=1S/C22H37N3O3/c1-15(2)19-20(28-21(26)23-10-8-9-22(5,6)7)16(3)13-18(24-19)25-11-12-27-14-17(25)4/h13,15,17H,8-12,14H2,1-7H3,(H,23,26)/t17-/m1/s1. The van der Waals surface area contributed by atoms with E-state index >= 15 is 0 Å². The molecule has 0 aromatic carbocycles. The SMILES string of the molecule is Cc1cc(N2CCOC[C@H]2C)nc(C(C)C)c1OC(=O)NCCCC(C)(C)C. The first-order valence-electron chi connectivity index (χ1n) is 10.4. The molecule has 28 heavy (non-hydrogen) atoms. The van der Waals surface area contributed by atoms with E-state index in [2.05, 4.69) is 51.8 Å². The Balaban J connectivity index is 2.10. The molecule has 2 heterocycles. The third-order valence-corrected chi connectivity index (χ3v) is 4.95. The molecule has 0 saturated carbocycles. The molecule has 158 valence electrons. The van der Waals surface area contributed by atoms with Gasteiger partial charge in [0.25, 0.3) is 0 Å². The smallest absolute Gasteiger partial charge is 0.408 e. The monoisotopic (exact) mass is 391 g/mol. The van der Waals surface area contributed by atoms with E-state index in [1.54, 1.807) is 0 Å². The molecule has 1 fully saturated rings. The minimum Gasteiger partial charge on any atom is -0.408 e. The molecule has 0 aliphatic carbocycles.